The lowest BCUT2D eigenvalue weighted by molar-refractivity contribution is -0.116. The number of carbonyl (C=O) groups excluding carboxylic acids is 2. The van der Waals surface area contributed by atoms with E-state index in [9.17, 15) is 9.59 Å². The van der Waals surface area contributed by atoms with Gasteiger partial charge >= 0.3 is 0 Å². The van der Waals surface area contributed by atoms with Crippen LogP contribution in [0.4, 0.5) is 5.69 Å². The van der Waals surface area contributed by atoms with Crippen molar-refractivity contribution in [3.05, 3.63) is 53.1 Å². The van der Waals surface area contributed by atoms with Crippen molar-refractivity contribution in [2.75, 3.05) is 11.4 Å². The van der Waals surface area contributed by atoms with Gasteiger partial charge in [-0.2, -0.15) is 0 Å². The van der Waals surface area contributed by atoms with Crippen LogP contribution in [0.1, 0.15) is 46.8 Å². The van der Waals surface area contributed by atoms with E-state index in [1.54, 1.807) is 31.9 Å². The lowest BCUT2D eigenvalue weighted by Gasteiger charge is -2.34. The average molecular weight is 324 g/mol. The minimum Gasteiger partial charge on any atom is -0.345 e. The maximum atomic E-state index is 12.6. The zero-order valence-corrected chi connectivity index (χ0v) is 14.0. The van der Waals surface area contributed by atoms with Gasteiger partial charge in [-0.3, -0.25) is 9.59 Å². The summed E-state index contributed by atoms with van der Waals surface area (Å²) in [5.41, 5.74) is 2.96. The highest BCUT2D eigenvalue weighted by Crippen LogP contribution is 2.33. The van der Waals surface area contributed by atoms with Crippen molar-refractivity contribution in [3.63, 3.8) is 0 Å². The number of rotatable bonds is 2. The lowest BCUT2D eigenvalue weighted by Crippen LogP contribution is -2.40. The first-order chi connectivity index (χ1) is 11.5. The summed E-state index contributed by atoms with van der Waals surface area (Å²) in [6.07, 6.45) is 2.23. The van der Waals surface area contributed by atoms with Crippen LogP contribution in [0.25, 0.3) is 0 Å². The molecule has 2 amide bonds. The molecular formula is C18H20N4O2. The van der Waals surface area contributed by atoms with Crippen molar-refractivity contribution in [3.8, 4) is 0 Å². The minimum absolute atomic E-state index is 0.00926. The SMILES string of the molecule is CC(=O)N1CCC(NC(=O)c2cnc(C)nc2C)c2ccccc21. The summed E-state index contributed by atoms with van der Waals surface area (Å²) in [4.78, 5) is 34.5. The molecule has 0 saturated carbocycles. The number of aromatic nitrogens is 2. The van der Waals surface area contributed by atoms with Crippen LogP contribution in [0, 0.1) is 13.8 Å². The molecule has 0 fully saturated rings. The Balaban J connectivity index is 1.86. The molecule has 1 aromatic carbocycles. The molecule has 1 aromatic heterocycles. The first-order valence-corrected chi connectivity index (χ1v) is 7.95. The highest BCUT2D eigenvalue weighted by molar-refractivity contribution is 5.96. The van der Waals surface area contributed by atoms with Crippen molar-refractivity contribution in [2.24, 2.45) is 0 Å². The van der Waals surface area contributed by atoms with Gasteiger partial charge in [0, 0.05) is 25.4 Å². The fourth-order valence-corrected chi connectivity index (χ4v) is 3.08. The van der Waals surface area contributed by atoms with E-state index in [1.807, 2.05) is 24.3 Å². The van der Waals surface area contributed by atoms with Gasteiger partial charge in [-0.15, -0.1) is 0 Å². The van der Waals surface area contributed by atoms with Crippen LogP contribution in [0.5, 0.6) is 0 Å². The number of amides is 2. The molecule has 1 N–H and O–H groups in total. The summed E-state index contributed by atoms with van der Waals surface area (Å²) in [7, 11) is 0. The second-order valence-electron chi connectivity index (χ2n) is 5.96. The molecule has 124 valence electrons. The molecule has 0 radical (unpaired) electrons. The molecule has 2 aromatic rings. The Morgan fingerprint density at radius 2 is 2.00 bits per heavy atom. The van der Waals surface area contributed by atoms with E-state index < -0.39 is 0 Å². The largest absolute Gasteiger partial charge is 0.345 e. The molecular weight excluding hydrogens is 304 g/mol. The molecule has 1 aliphatic heterocycles. The van der Waals surface area contributed by atoms with Crippen molar-refractivity contribution >= 4 is 17.5 Å². The number of nitrogens with zero attached hydrogens (tertiary/aromatic N) is 3. The van der Waals surface area contributed by atoms with Gasteiger partial charge in [0.15, 0.2) is 0 Å². The van der Waals surface area contributed by atoms with Crippen LogP contribution in [-0.2, 0) is 4.79 Å². The van der Waals surface area contributed by atoms with Gasteiger partial charge < -0.3 is 10.2 Å². The van der Waals surface area contributed by atoms with Gasteiger partial charge in [0.2, 0.25) is 5.91 Å². The topological polar surface area (TPSA) is 75.2 Å². The number of aryl methyl sites for hydroxylation is 2. The number of carbonyl (C=O) groups is 2. The standard InChI is InChI=1S/C18H20N4O2/c1-11-15(10-19-12(2)20-11)18(24)21-16-8-9-22(13(3)23)17-7-5-4-6-14(16)17/h4-7,10,16H,8-9H2,1-3H3,(H,21,24). The maximum Gasteiger partial charge on any atom is 0.255 e. The molecule has 0 aliphatic carbocycles. The maximum absolute atomic E-state index is 12.6. The Labute approximate surface area is 140 Å². The summed E-state index contributed by atoms with van der Waals surface area (Å²) < 4.78 is 0. The number of para-hydroxylation sites is 1. The summed E-state index contributed by atoms with van der Waals surface area (Å²) in [6.45, 7) is 5.74. The molecule has 6 heteroatoms. The monoisotopic (exact) mass is 324 g/mol. The molecule has 1 aliphatic rings. The van der Waals surface area contributed by atoms with Gasteiger partial charge in [0.05, 0.1) is 17.3 Å². The lowest BCUT2D eigenvalue weighted by atomic mass is 9.96. The number of fused-ring (bicyclic) bond motifs is 1. The second kappa shape index (κ2) is 6.39. The fourth-order valence-electron chi connectivity index (χ4n) is 3.08. The molecule has 24 heavy (non-hydrogen) atoms. The molecule has 1 atom stereocenters. The van der Waals surface area contributed by atoms with Gasteiger partial charge in [0.1, 0.15) is 5.82 Å². The third-order valence-corrected chi connectivity index (χ3v) is 4.27. The van der Waals surface area contributed by atoms with Crippen molar-refractivity contribution in [1.29, 1.82) is 0 Å². The quantitative estimate of drug-likeness (QED) is 0.920. The van der Waals surface area contributed by atoms with Gasteiger partial charge in [-0.25, -0.2) is 9.97 Å². The fraction of sp³-hybridized carbons (Fsp3) is 0.333. The zero-order chi connectivity index (χ0) is 17.3. The van der Waals surface area contributed by atoms with Crippen LogP contribution in [0.2, 0.25) is 0 Å². The van der Waals surface area contributed by atoms with E-state index in [-0.39, 0.29) is 17.9 Å². The number of benzene rings is 1. The number of anilines is 1. The van der Waals surface area contributed by atoms with Crippen LogP contribution >= 0.6 is 0 Å². The van der Waals surface area contributed by atoms with Gasteiger partial charge in [0.25, 0.3) is 5.91 Å². The first-order valence-electron chi connectivity index (χ1n) is 7.95. The van der Waals surface area contributed by atoms with E-state index in [1.165, 1.54) is 0 Å². The van der Waals surface area contributed by atoms with E-state index in [2.05, 4.69) is 15.3 Å². The second-order valence-corrected chi connectivity index (χ2v) is 5.96. The zero-order valence-electron chi connectivity index (χ0n) is 14.0. The van der Waals surface area contributed by atoms with E-state index in [4.69, 9.17) is 0 Å². The predicted molar refractivity (Wildman–Crippen MR) is 90.8 cm³/mol. The van der Waals surface area contributed by atoms with Crippen molar-refractivity contribution in [2.45, 2.75) is 33.2 Å². The molecule has 3 rings (SSSR count). The summed E-state index contributed by atoms with van der Waals surface area (Å²) in [5, 5.41) is 3.05. The molecule has 1 unspecified atom stereocenters. The molecule has 6 nitrogen and oxygen atoms in total. The first kappa shape index (κ1) is 16.1. The Bertz CT molecular complexity index is 803. The highest BCUT2D eigenvalue weighted by atomic mass is 16.2. The summed E-state index contributed by atoms with van der Waals surface area (Å²) in [6, 6.07) is 7.55. The minimum atomic E-state index is -0.191. The normalized spacial score (nSPS) is 16.5. The molecule has 0 spiro atoms. The number of nitrogens with one attached hydrogen (secondary N) is 1. The Hall–Kier alpha value is -2.76. The van der Waals surface area contributed by atoms with E-state index in [0.717, 1.165) is 11.3 Å². The smallest absolute Gasteiger partial charge is 0.255 e. The Morgan fingerprint density at radius 3 is 2.71 bits per heavy atom. The van der Waals surface area contributed by atoms with E-state index >= 15 is 0 Å². The summed E-state index contributed by atoms with van der Waals surface area (Å²) in [5.74, 6) is 0.461. The third-order valence-electron chi connectivity index (χ3n) is 4.27. The average Bonchev–Trinajstić information content (AvgIpc) is 2.54. The number of hydrogen-bond acceptors (Lipinski definition) is 4. The van der Waals surface area contributed by atoms with Crippen molar-refractivity contribution < 1.29 is 9.59 Å². The van der Waals surface area contributed by atoms with Crippen molar-refractivity contribution in [1.82, 2.24) is 15.3 Å². The van der Waals surface area contributed by atoms with Crippen LogP contribution < -0.4 is 10.2 Å². The van der Waals surface area contributed by atoms with Gasteiger partial charge in [-0.05, 0) is 31.9 Å². The molecule has 0 bridgehead atoms. The number of hydrogen-bond donors (Lipinski definition) is 1. The molecule has 0 saturated heterocycles. The highest BCUT2D eigenvalue weighted by Gasteiger charge is 2.28. The van der Waals surface area contributed by atoms with Crippen LogP contribution in [0.15, 0.2) is 30.5 Å². The van der Waals surface area contributed by atoms with Gasteiger partial charge in [-0.1, -0.05) is 18.2 Å². The predicted octanol–water partition coefficient (Wildman–Crippen LogP) is 2.32. The van der Waals surface area contributed by atoms with Crippen LogP contribution in [0.3, 0.4) is 0 Å². The van der Waals surface area contributed by atoms with E-state index in [0.29, 0.717) is 30.0 Å². The summed E-state index contributed by atoms with van der Waals surface area (Å²) >= 11 is 0. The third kappa shape index (κ3) is 2.99. The van der Waals surface area contributed by atoms with Crippen LogP contribution in [-0.4, -0.2) is 28.3 Å². The Kier molecular flexibility index (Phi) is 4.29. The molecule has 2 heterocycles. The Morgan fingerprint density at radius 1 is 1.25 bits per heavy atom.